The zero-order valence-corrected chi connectivity index (χ0v) is 12.2. The van der Waals surface area contributed by atoms with Crippen LogP contribution in [0.25, 0.3) is 0 Å². The summed E-state index contributed by atoms with van der Waals surface area (Å²) < 4.78 is 0. The van der Waals surface area contributed by atoms with Gasteiger partial charge in [-0.3, -0.25) is 0 Å². The van der Waals surface area contributed by atoms with Crippen molar-refractivity contribution < 1.29 is 9.90 Å². The number of benzene rings is 1. The van der Waals surface area contributed by atoms with E-state index in [1.165, 1.54) is 11.1 Å². The fourth-order valence-electron chi connectivity index (χ4n) is 2.53. The molecule has 1 aromatic heterocycles. The first-order valence-electron chi connectivity index (χ1n) is 6.51. The highest BCUT2D eigenvalue weighted by Crippen LogP contribution is 2.15. The van der Waals surface area contributed by atoms with E-state index in [0.29, 0.717) is 23.6 Å². The van der Waals surface area contributed by atoms with Crippen LogP contribution in [0.15, 0.2) is 18.2 Å². The molecule has 0 radical (unpaired) electrons. The summed E-state index contributed by atoms with van der Waals surface area (Å²) in [6, 6.07) is 6.33. The molecule has 0 amide bonds. The Bertz CT molecular complexity index is 635. The minimum absolute atomic E-state index is 0.203. The number of aromatic carboxylic acids is 1. The molecule has 0 aliphatic carbocycles. The lowest BCUT2D eigenvalue weighted by Crippen LogP contribution is -2.10. The summed E-state index contributed by atoms with van der Waals surface area (Å²) >= 11 is 0. The number of nitrogens with zero attached hydrogens (tertiary/aromatic N) is 2. The number of aromatic nitrogens is 2. The summed E-state index contributed by atoms with van der Waals surface area (Å²) in [6.45, 7) is 7.54. The number of carbonyl (C=O) groups is 1. The van der Waals surface area contributed by atoms with Gasteiger partial charge < -0.3 is 5.11 Å². The second kappa shape index (κ2) is 5.41. The Balaban J connectivity index is 2.37. The first kappa shape index (κ1) is 14.2. The fourth-order valence-corrected chi connectivity index (χ4v) is 2.53. The van der Waals surface area contributed by atoms with Crippen molar-refractivity contribution in [3.63, 3.8) is 0 Å². The summed E-state index contributed by atoms with van der Waals surface area (Å²) in [7, 11) is 0. The highest BCUT2D eigenvalue weighted by molar-refractivity contribution is 5.89. The van der Waals surface area contributed by atoms with Crippen molar-refractivity contribution in [2.45, 2.75) is 34.1 Å². The third-order valence-electron chi connectivity index (χ3n) is 3.17. The van der Waals surface area contributed by atoms with E-state index in [1.807, 2.05) is 0 Å². The van der Waals surface area contributed by atoms with Crippen molar-refractivity contribution in [1.82, 2.24) is 9.97 Å². The Kier molecular flexibility index (Phi) is 3.84. The van der Waals surface area contributed by atoms with E-state index in [9.17, 15) is 4.79 Å². The second-order valence-corrected chi connectivity index (χ2v) is 5.16. The Hall–Kier alpha value is -2.23. The Morgan fingerprint density at radius 1 is 1.00 bits per heavy atom. The monoisotopic (exact) mass is 270 g/mol. The topological polar surface area (TPSA) is 63.1 Å². The number of aryl methyl sites for hydroxylation is 4. The van der Waals surface area contributed by atoms with Gasteiger partial charge in [-0.05, 0) is 33.3 Å². The van der Waals surface area contributed by atoms with Gasteiger partial charge in [0.15, 0.2) is 0 Å². The zero-order valence-electron chi connectivity index (χ0n) is 12.2. The molecule has 1 N–H and O–H groups in total. The molecule has 0 spiro atoms. The highest BCUT2D eigenvalue weighted by atomic mass is 16.4. The lowest BCUT2D eigenvalue weighted by atomic mass is 10.0. The van der Waals surface area contributed by atoms with Crippen LogP contribution in [0.1, 0.15) is 44.3 Å². The van der Waals surface area contributed by atoms with E-state index in [1.54, 1.807) is 13.8 Å². The van der Waals surface area contributed by atoms with Crippen LogP contribution in [0.5, 0.6) is 0 Å². The van der Waals surface area contributed by atoms with Gasteiger partial charge in [-0.15, -0.1) is 0 Å². The van der Waals surface area contributed by atoms with Gasteiger partial charge >= 0.3 is 5.97 Å². The van der Waals surface area contributed by atoms with Gasteiger partial charge in [-0.2, -0.15) is 0 Å². The molecule has 0 fully saturated rings. The molecule has 2 aromatic rings. The summed E-state index contributed by atoms with van der Waals surface area (Å²) in [5, 5.41) is 9.12. The lowest BCUT2D eigenvalue weighted by molar-refractivity contribution is 0.0694. The lowest BCUT2D eigenvalue weighted by Gasteiger charge is -2.08. The smallest absolute Gasteiger partial charge is 0.339 e. The van der Waals surface area contributed by atoms with Crippen LogP contribution in [0, 0.1) is 27.7 Å². The van der Waals surface area contributed by atoms with E-state index in [0.717, 1.165) is 5.56 Å². The van der Waals surface area contributed by atoms with Gasteiger partial charge in [0.2, 0.25) is 0 Å². The predicted molar refractivity (Wildman–Crippen MR) is 77.2 cm³/mol. The van der Waals surface area contributed by atoms with Crippen LogP contribution in [-0.4, -0.2) is 21.0 Å². The SMILES string of the molecule is Cc1cc(C)cc(Cc2nc(C)c(C(=O)O)c(C)n2)c1. The Labute approximate surface area is 118 Å². The number of carboxylic acids is 1. The number of carboxylic acid groups (broad SMARTS) is 1. The summed E-state index contributed by atoms with van der Waals surface area (Å²) in [4.78, 5) is 19.8. The standard InChI is InChI=1S/C16H18N2O2/c1-9-5-10(2)7-13(6-9)8-14-17-11(3)15(16(19)20)12(4)18-14/h5-7H,8H2,1-4H3,(H,19,20). The summed E-state index contributed by atoms with van der Waals surface area (Å²) in [6.07, 6.45) is 0.615. The van der Waals surface area contributed by atoms with Gasteiger partial charge in [0, 0.05) is 6.42 Å². The van der Waals surface area contributed by atoms with Crippen LogP contribution in [0.3, 0.4) is 0 Å². The van der Waals surface area contributed by atoms with Crippen LogP contribution in [-0.2, 0) is 6.42 Å². The third kappa shape index (κ3) is 3.02. The second-order valence-electron chi connectivity index (χ2n) is 5.16. The quantitative estimate of drug-likeness (QED) is 0.931. The van der Waals surface area contributed by atoms with Gasteiger partial charge in [0.25, 0.3) is 0 Å². The van der Waals surface area contributed by atoms with Crippen molar-refractivity contribution in [3.05, 3.63) is 57.7 Å². The molecule has 0 unspecified atom stereocenters. The molecule has 1 heterocycles. The van der Waals surface area contributed by atoms with Gasteiger partial charge in [-0.25, -0.2) is 14.8 Å². The van der Waals surface area contributed by atoms with Crippen molar-refractivity contribution >= 4 is 5.97 Å². The molecular formula is C16H18N2O2. The van der Waals surface area contributed by atoms with Gasteiger partial charge in [-0.1, -0.05) is 29.3 Å². The molecule has 0 aliphatic rings. The molecule has 0 bridgehead atoms. The Morgan fingerprint density at radius 2 is 1.50 bits per heavy atom. The third-order valence-corrected chi connectivity index (χ3v) is 3.17. The number of hydrogen-bond donors (Lipinski definition) is 1. The van der Waals surface area contributed by atoms with Crippen molar-refractivity contribution in [3.8, 4) is 0 Å². The first-order valence-corrected chi connectivity index (χ1v) is 6.51. The van der Waals surface area contributed by atoms with E-state index in [2.05, 4.69) is 42.0 Å². The maximum atomic E-state index is 11.1. The molecule has 20 heavy (non-hydrogen) atoms. The molecule has 104 valence electrons. The van der Waals surface area contributed by atoms with Crippen LogP contribution >= 0.6 is 0 Å². The van der Waals surface area contributed by atoms with Crippen LogP contribution in [0.4, 0.5) is 0 Å². The maximum absolute atomic E-state index is 11.1. The summed E-state index contributed by atoms with van der Waals surface area (Å²) in [5.41, 5.74) is 4.79. The van der Waals surface area contributed by atoms with Gasteiger partial charge in [0.1, 0.15) is 11.4 Å². The fraction of sp³-hybridized carbons (Fsp3) is 0.312. The molecular weight excluding hydrogens is 252 g/mol. The molecule has 4 heteroatoms. The average molecular weight is 270 g/mol. The molecule has 1 aromatic carbocycles. The molecule has 0 saturated heterocycles. The van der Waals surface area contributed by atoms with Crippen LogP contribution < -0.4 is 0 Å². The maximum Gasteiger partial charge on any atom is 0.339 e. The minimum Gasteiger partial charge on any atom is -0.478 e. The number of hydrogen-bond acceptors (Lipinski definition) is 3. The number of rotatable bonds is 3. The molecule has 0 aliphatic heterocycles. The molecule has 2 rings (SSSR count). The normalized spacial score (nSPS) is 10.6. The average Bonchev–Trinajstić information content (AvgIpc) is 2.25. The molecule has 0 saturated carbocycles. The largest absolute Gasteiger partial charge is 0.478 e. The zero-order chi connectivity index (χ0) is 14.9. The van der Waals surface area contributed by atoms with E-state index >= 15 is 0 Å². The summed E-state index contributed by atoms with van der Waals surface area (Å²) in [5.74, 6) is -0.312. The highest BCUT2D eigenvalue weighted by Gasteiger charge is 2.15. The Morgan fingerprint density at radius 3 is 1.95 bits per heavy atom. The van der Waals surface area contributed by atoms with E-state index in [4.69, 9.17) is 5.11 Å². The van der Waals surface area contributed by atoms with Crippen molar-refractivity contribution in [2.24, 2.45) is 0 Å². The van der Waals surface area contributed by atoms with Crippen LogP contribution in [0.2, 0.25) is 0 Å². The van der Waals surface area contributed by atoms with E-state index < -0.39 is 5.97 Å². The molecule has 4 nitrogen and oxygen atoms in total. The van der Waals surface area contributed by atoms with Crippen molar-refractivity contribution in [2.75, 3.05) is 0 Å². The minimum atomic E-state index is -0.974. The van der Waals surface area contributed by atoms with Gasteiger partial charge in [0.05, 0.1) is 11.4 Å². The molecule has 0 atom stereocenters. The van der Waals surface area contributed by atoms with E-state index in [-0.39, 0.29) is 5.56 Å². The first-order chi connectivity index (χ1) is 9.36. The van der Waals surface area contributed by atoms with Crippen molar-refractivity contribution in [1.29, 1.82) is 0 Å². The predicted octanol–water partition coefficient (Wildman–Crippen LogP) is 3.00.